The zero-order valence-electron chi connectivity index (χ0n) is 11.7. The highest BCUT2D eigenvalue weighted by molar-refractivity contribution is 6.33. The fraction of sp³-hybridized carbons (Fsp3) is 0.188. The molecule has 2 aromatic heterocycles. The molecule has 0 radical (unpaired) electrons. The van der Waals surface area contributed by atoms with Crippen molar-refractivity contribution in [2.75, 3.05) is 5.32 Å². The van der Waals surface area contributed by atoms with Gasteiger partial charge < -0.3 is 14.3 Å². The van der Waals surface area contributed by atoms with Crippen molar-refractivity contribution >= 4 is 17.3 Å². The summed E-state index contributed by atoms with van der Waals surface area (Å²) >= 11 is 6.36. The average Bonchev–Trinajstić information content (AvgIpc) is 3.18. The SMILES string of the molecule is CCC(Nc1cccc(Cl)c1-n1ccnc1)c1ccco1. The van der Waals surface area contributed by atoms with Gasteiger partial charge in [0.25, 0.3) is 0 Å². The number of anilines is 1. The van der Waals surface area contributed by atoms with Crippen LogP contribution < -0.4 is 5.32 Å². The van der Waals surface area contributed by atoms with Crippen molar-refractivity contribution in [1.82, 2.24) is 9.55 Å². The van der Waals surface area contributed by atoms with Crippen LogP contribution in [-0.4, -0.2) is 9.55 Å². The third kappa shape index (κ3) is 2.81. The van der Waals surface area contributed by atoms with Crippen molar-refractivity contribution in [3.05, 3.63) is 66.1 Å². The Morgan fingerprint density at radius 1 is 1.33 bits per heavy atom. The summed E-state index contributed by atoms with van der Waals surface area (Å²) in [6, 6.07) is 9.78. The van der Waals surface area contributed by atoms with Gasteiger partial charge >= 0.3 is 0 Å². The van der Waals surface area contributed by atoms with Gasteiger partial charge in [-0.3, -0.25) is 0 Å². The van der Waals surface area contributed by atoms with E-state index in [2.05, 4.69) is 17.2 Å². The molecule has 1 N–H and O–H groups in total. The van der Waals surface area contributed by atoms with E-state index in [9.17, 15) is 0 Å². The number of aromatic nitrogens is 2. The lowest BCUT2D eigenvalue weighted by molar-refractivity contribution is 0.474. The molecule has 0 amide bonds. The van der Waals surface area contributed by atoms with Gasteiger partial charge in [-0.25, -0.2) is 4.98 Å². The molecule has 2 heterocycles. The van der Waals surface area contributed by atoms with Crippen LogP contribution >= 0.6 is 11.6 Å². The van der Waals surface area contributed by atoms with Gasteiger partial charge in [-0.15, -0.1) is 0 Å². The molecule has 21 heavy (non-hydrogen) atoms. The Kier molecular flexibility index (Phi) is 3.97. The predicted octanol–water partition coefficient (Wildman–Crippen LogP) is 4.68. The molecule has 0 saturated heterocycles. The average molecular weight is 302 g/mol. The van der Waals surface area contributed by atoms with Crippen molar-refractivity contribution < 1.29 is 4.42 Å². The number of furan rings is 1. The highest BCUT2D eigenvalue weighted by Crippen LogP contribution is 2.32. The topological polar surface area (TPSA) is 43.0 Å². The minimum absolute atomic E-state index is 0.0979. The van der Waals surface area contributed by atoms with E-state index in [-0.39, 0.29) is 6.04 Å². The minimum atomic E-state index is 0.0979. The Bertz CT molecular complexity index is 692. The molecule has 3 aromatic rings. The van der Waals surface area contributed by atoms with Crippen LogP contribution in [0.4, 0.5) is 5.69 Å². The summed E-state index contributed by atoms with van der Waals surface area (Å²) in [6.07, 6.45) is 7.94. The molecule has 0 fully saturated rings. The molecule has 0 aliphatic heterocycles. The number of benzene rings is 1. The van der Waals surface area contributed by atoms with E-state index >= 15 is 0 Å². The molecule has 0 aliphatic rings. The first-order chi connectivity index (χ1) is 10.3. The summed E-state index contributed by atoms with van der Waals surface area (Å²) in [6.45, 7) is 2.11. The normalized spacial score (nSPS) is 12.3. The first-order valence-corrected chi connectivity index (χ1v) is 7.24. The molecule has 1 unspecified atom stereocenters. The predicted molar refractivity (Wildman–Crippen MR) is 83.9 cm³/mol. The zero-order valence-corrected chi connectivity index (χ0v) is 12.4. The number of hydrogen-bond acceptors (Lipinski definition) is 3. The molecule has 5 heteroatoms. The van der Waals surface area contributed by atoms with Crippen molar-refractivity contribution in [3.63, 3.8) is 0 Å². The van der Waals surface area contributed by atoms with Crippen LogP contribution in [0.5, 0.6) is 0 Å². The monoisotopic (exact) mass is 301 g/mol. The van der Waals surface area contributed by atoms with Crippen LogP contribution in [-0.2, 0) is 0 Å². The van der Waals surface area contributed by atoms with E-state index in [0.717, 1.165) is 23.6 Å². The summed E-state index contributed by atoms with van der Waals surface area (Å²) in [5.74, 6) is 0.911. The molecule has 0 spiro atoms. The second-order valence-corrected chi connectivity index (χ2v) is 5.13. The summed E-state index contributed by atoms with van der Waals surface area (Å²) in [5.41, 5.74) is 1.84. The van der Waals surface area contributed by atoms with Gasteiger partial charge in [0.15, 0.2) is 0 Å². The zero-order chi connectivity index (χ0) is 14.7. The molecule has 4 nitrogen and oxygen atoms in total. The summed E-state index contributed by atoms with van der Waals surface area (Å²) < 4.78 is 7.41. The number of hydrogen-bond donors (Lipinski definition) is 1. The van der Waals surface area contributed by atoms with E-state index in [0.29, 0.717) is 5.02 Å². The Morgan fingerprint density at radius 3 is 2.90 bits per heavy atom. The van der Waals surface area contributed by atoms with E-state index in [4.69, 9.17) is 16.0 Å². The van der Waals surface area contributed by atoms with Gasteiger partial charge in [0.05, 0.1) is 35.0 Å². The third-order valence-electron chi connectivity index (χ3n) is 3.37. The lowest BCUT2D eigenvalue weighted by Gasteiger charge is -2.19. The van der Waals surface area contributed by atoms with Crippen LogP contribution in [0.1, 0.15) is 25.1 Å². The minimum Gasteiger partial charge on any atom is -0.467 e. The molecule has 3 rings (SSSR count). The fourth-order valence-corrected chi connectivity index (χ4v) is 2.61. The smallest absolute Gasteiger partial charge is 0.125 e. The molecule has 1 aromatic carbocycles. The Morgan fingerprint density at radius 2 is 2.24 bits per heavy atom. The van der Waals surface area contributed by atoms with Crippen molar-refractivity contribution in [1.29, 1.82) is 0 Å². The van der Waals surface area contributed by atoms with Crippen molar-refractivity contribution in [2.24, 2.45) is 0 Å². The third-order valence-corrected chi connectivity index (χ3v) is 3.68. The molecular formula is C16H16ClN3O. The Hall–Kier alpha value is -2.20. The first kappa shape index (κ1) is 13.8. The molecule has 108 valence electrons. The van der Waals surface area contributed by atoms with Crippen LogP contribution in [0.2, 0.25) is 5.02 Å². The van der Waals surface area contributed by atoms with Crippen molar-refractivity contribution in [2.45, 2.75) is 19.4 Å². The maximum atomic E-state index is 6.36. The molecule has 0 aliphatic carbocycles. The maximum absolute atomic E-state index is 6.36. The Balaban J connectivity index is 1.97. The Labute approximate surface area is 128 Å². The largest absolute Gasteiger partial charge is 0.467 e. The fourth-order valence-electron chi connectivity index (χ4n) is 2.34. The van der Waals surface area contributed by atoms with Crippen LogP contribution in [0, 0.1) is 0 Å². The number of nitrogens with zero attached hydrogens (tertiary/aromatic N) is 2. The van der Waals surface area contributed by atoms with Gasteiger partial charge in [0.2, 0.25) is 0 Å². The lowest BCUT2D eigenvalue weighted by atomic mass is 10.1. The molecule has 0 bridgehead atoms. The van der Waals surface area contributed by atoms with Crippen LogP contribution in [0.15, 0.2) is 59.7 Å². The van der Waals surface area contributed by atoms with Crippen LogP contribution in [0.3, 0.4) is 0 Å². The lowest BCUT2D eigenvalue weighted by Crippen LogP contribution is -2.11. The molecule has 0 saturated carbocycles. The second-order valence-electron chi connectivity index (χ2n) is 4.73. The quantitative estimate of drug-likeness (QED) is 0.744. The van der Waals surface area contributed by atoms with E-state index in [1.165, 1.54) is 0 Å². The van der Waals surface area contributed by atoms with Gasteiger partial charge in [0.1, 0.15) is 5.76 Å². The van der Waals surface area contributed by atoms with E-state index in [1.54, 1.807) is 18.8 Å². The molecular weight excluding hydrogens is 286 g/mol. The summed E-state index contributed by atoms with van der Waals surface area (Å²) in [7, 11) is 0. The first-order valence-electron chi connectivity index (χ1n) is 6.86. The highest BCUT2D eigenvalue weighted by atomic mass is 35.5. The van der Waals surface area contributed by atoms with E-state index in [1.807, 2.05) is 41.1 Å². The van der Waals surface area contributed by atoms with Gasteiger partial charge in [-0.05, 0) is 30.7 Å². The number of imidazole rings is 1. The summed E-state index contributed by atoms with van der Waals surface area (Å²) in [4.78, 5) is 4.09. The van der Waals surface area contributed by atoms with E-state index < -0.39 is 0 Å². The number of nitrogens with one attached hydrogen (secondary N) is 1. The van der Waals surface area contributed by atoms with Gasteiger partial charge in [-0.1, -0.05) is 24.6 Å². The highest BCUT2D eigenvalue weighted by Gasteiger charge is 2.16. The number of halogens is 1. The number of para-hydroxylation sites is 1. The standard InChI is InChI=1S/C16H16ClN3O/c1-2-13(15-7-4-10-21-15)19-14-6-3-5-12(17)16(14)20-9-8-18-11-20/h3-11,13,19H,2H2,1H3. The van der Waals surface area contributed by atoms with Crippen molar-refractivity contribution in [3.8, 4) is 5.69 Å². The summed E-state index contributed by atoms with van der Waals surface area (Å²) in [5, 5.41) is 4.18. The number of rotatable bonds is 5. The second kappa shape index (κ2) is 6.06. The maximum Gasteiger partial charge on any atom is 0.125 e. The van der Waals surface area contributed by atoms with Gasteiger partial charge in [0, 0.05) is 12.4 Å². The van der Waals surface area contributed by atoms with Gasteiger partial charge in [-0.2, -0.15) is 0 Å². The van der Waals surface area contributed by atoms with Crippen LogP contribution in [0.25, 0.3) is 5.69 Å². The molecule has 1 atom stereocenters.